The van der Waals surface area contributed by atoms with Crippen LogP contribution in [0.3, 0.4) is 0 Å². The molecular weight excluding hydrogens is 364 g/mol. The minimum atomic E-state index is -0.442. The van der Waals surface area contributed by atoms with Gasteiger partial charge in [0, 0.05) is 22.7 Å². The third-order valence-corrected chi connectivity index (χ3v) is 4.95. The number of benzene rings is 2. The van der Waals surface area contributed by atoms with Crippen molar-refractivity contribution in [2.45, 2.75) is 18.4 Å². The molecule has 0 atom stereocenters. The van der Waals surface area contributed by atoms with Crippen molar-refractivity contribution in [2.24, 2.45) is 0 Å². The summed E-state index contributed by atoms with van der Waals surface area (Å²) in [6, 6.07) is 17.5. The number of hydrogen-bond donors (Lipinski definition) is 0. The molecule has 27 heavy (non-hydrogen) atoms. The monoisotopic (exact) mass is 382 g/mol. The van der Waals surface area contributed by atoms with Gasteiger partial charge >= 0.3 is 0 Å². The summed E-state index contributed by atoms with van der Waals surface area (Å²) >= 11 is 1.34. The zero-order chi connectivity index (χ0) is 19.2. The molecule has 0 N–H and O–H groups in total. The Balaban J connectivity index is 1.72. The van der Waals surface area contributed by atoms with E-state index in [0.717, 1.165) is 16.1 Å². The second-order valence-corrected chi connectivity index (χ2v) is 6.98. The minimum absolute atomic E-state index is 0.0322. The topological polar surface area (TPSA) is 76.6 Å². The average Bonchev–Trinajstić information content (AvgIpc) is 3.18. The number of carbonyl (C=O) groups is 1. The Hall–Kier alpha value is -3.06. The van der Waals surface area contributed by atoms with Gasteiger partial charge < -0.3 is 9.32 Å². The fourth-order valence-electron chi connectivity index (χ4n) is 2.49. The number of nitro benzene ring substituents is 1. The van der Waals surface area contributed by atoms with Gasteiger partial charge in [-0.25, -0.2) is 0 Å². The summed E-state index contributed by atoms with van der Waals surface area (Å²) in [5.74, 6) is 0.842. The molecule has 1 aromatic heterocycles. The Labute approximate surface area is 160 Å². The standard InChI is InChI=1S/C20H18N2O4S/c1-15-4-6-16(7-5-15)21(13-18-3-2-12-26-18)20(23)14-27-19-10-8-17(9-11-19)22(24)25/h2-12H,13-14H2,1H3. The first-order valence-corrected chi connectivity index (χ1v) is 9.28. The molecule has 138 valence electrons. The highest BCUT2D eigenvalue weighted by molar-refractivity contribution is 8.00. The van der Waals surface area contributed by atoms with Crippen molar-refractivity contribution in [1.82, 2.24) is 0 Å². The predicted molar refractivity (Wildman–Crippen MR) is 105 cm³/mol. The van der Waals surface area contributed by atoms with Gasteiger partial charge in [0.2, 0.25) is 5.91 Å². The Morgan fingerprint density at radius 3 is 2.41 bits per heavy atom. The highest BCUT2D eigenvalue weighted by Gasteiger charge is 2.18. The van der Waals surface area contributed by atoms with E-state index >= 15 is 0 Å². The van der Waals surface area contributed by atoms with Gasteiger partial charge in [0.1, 0.15) is 5.76 Å². The first kappa shape index (κ1) is 18.7. The number of rotatable bonds is 7. The van der Waals surface area contributed by atoms with Gasteiger partial charge in [-0.15, -0.1) is 11.8 Å². The van der Waals surface area contributed by atoms with Crippen LogP contribution in [-0.2, 0) is 11.3 Å². The first-order chi connectivity index (χ1) is 13.0. The van der Waals surface area contributed by atoms with Crippen molar-refractivity contribution < 1.29 is 14.1 Å². The molecule has 1 heterocycles. The van der Waals surface area contributed by atoms with E-state index in [2.05, 4.69) is 0 Å². The molecule has 0 fully saturated rings. The van der Waals surface area contributed by atoms with Gasteiger partial charge in [0.05, 0.1) is 23.5 Å². The normalized spacial score (nSPS) is 10.6. The summed E-state index contributed by atoms with van der Waals surface area (Å²) in [6.07, 6.45) is 1.58. The van der Waals surface area contributed by atoms with E-state index in [1.807, 2.05) is 37.3 Å². The highest BCUT2D eigenvalue weighted by Crippen LogP contribution is 2.24. The van der Waals surface area contributed by atoms with Gasteiger partial charge in [-0.1, -0.05) is 17.7 Å². The van der Waals surface area contributed by atoms with E-state index in [1.54, 1.807) is 29.4 Å². The molecule has 0 aliphatic rings. The Bertz CT molecular complexity index is 906. The van der Waals surface area contributed by atoms with Crippen LogP contribution in [0.5, 0.6) is 0 Å². The summed E-state index contributed by atoms with van der Waals surface area (Å²) < 4.78 is 5.39. The van der Waals surface area contributed by atoms with E-state index in [1.165, 1.54) is 23.9 Å². The molecule has 0 spiro atoms. The van der Waals surface area contributed by atoms with Crippen LogP contribution in [0.1, 0.15) is 11.3 Å². The molecule has 0 radical (unpaired) electrons. The van der Waals surface area contributed by atoms with Crippen molar-refractivity contribution in [3.8, 4) is 0 Å². The average molecular weight is 382 g/mol. The van der Waals surface area contributed by atoms with E-state index in [0.29, 0.717) is 12.3 Å². The van der Waals surface area contributed by atoms with Gasteiger partial charge in [-0.3, -0.25) is 14.9 Å². The number of carbonyl (C=O) groups excluding carboxylic acids is 1. The lowest BCUT2D eigenvalue weighted by Crippen LogP contribution is -2.31. The van der Waals surface area contributed by atoms with Gasteiger partial charge in [-0.05, 0) is 43.3 Å². The summed E-state index contributed by atoms with van der Waals surface area (Å²) in [5, 5.41) is 10.7. The number of nitro groups is 1. The molecule has 0 saturated heterocycles. The molecule has 7 heteroatoms. The summed E-state index contributed by atoms with van der Waals surface area (Å²) in [5.41, 5.74) is 1.94. The SMILES string of the molecule is Cc1ccc(N(Cc2ccco2)C(=O)CSc2ccc([N+](=O)[O-])cc2)cc1. The fourth-order valence-corrected chi connectivity index (χ4v) is 3.27. The first-order valence-electron chi connectivity index (χ1n) is 8.29. The highest BCUT2D eigenvalue weighted by atomic mass is 32.2. The molecule has 0 aliphatic heterocycles. The van der Waals surface area contributed by atoms with Crippen molar-refractivity contribution in [2.75, 3.05) is 10.7 Å². The smallest absolute Gasteiger partial charge is 0.269 e. The summed E-state index contributed by atoms with van der Waals surface area (Å²) in [6.45, 7) is 2.34. The lowest BCUT2D eigenvalue weighted by Gasteiger charge is -2.22. The Kier molecular flexibility index (Phi) is 5.93. The van der Waals surface area contributed by atoms with Crippen LogP contribution >= 0.6 is 11.8 Å². The fraction of sp³-hybridized carbons (Fsp3) is 0.150. The number of hydrogen-bond acceptors (Lipinski definition) is 5. The second-order valence-electron chi connectivity index (χ2n) is 5.93. The molecule has 0 aliphatic carbocycles. The largest absolute Gasteiger partial charge is 0.467 e. The van der Waals surface area contributed by atoms with Crippen molar-refractivity contribution in [1.29, 1.82) is 0 Å². The minimum Gasteiger partial charge on any atom is -0.467 e. The maximum Gasteiger partial charge on any atom is 0.269 e. The van der Waals surface area contributed by atoms with Gasteiger partial charge in [-0.2, -0.15) is 0 Å². The van der Waals surface area contributed by atoms with Crippen LogP contribution in [0.4, 0.5) is 11.4 Å². The van der Waals surface area contributed by atoms with E-state index in [9.17, 15) is 14.9 Å². The summed E-state index contributed by atoms with van der Waals surface area (Å²) in [4.78, 5) is 25.6. The van der Waals surface area contributed by atoms with E-state index in [4.69, 9.17) is 4.42 Å². The molecule has 3 aromatic rings. The lowest BCUT2D eigenvalue weighted by atomic mass is 10.2. The molecule has 6 nitrogen and oxygen atoms in total. The number of amides is 1. The third kappa shape index (κ3) is 4.98. The molecule has 3 rings (SSSR count). The number of furan rings is 1. The van der Waals surface area contributed by atoms with Crippen LogP contribution in [-0.4, -0.2) is 16.6 Å². The Morgan fingerprint density at radius 1 is 1.11 bits per heavy atom. The van der Waals surface area contributed by atoms with Gasteiger partial charge in [0.25, 0.3) is 5.69 Å². The third-order valence-electron chi connectivity index (χ3n) is 3.95. The maximum atomic E-state index is 12.9. The van der Waals surface area contributed by atoms with Crippen LogP contribution in [0.15, 0.2) is 76.2 Å². The molecular formula is C20H18N2O4S. The molecule has 2 aromatic carbocycles. The number of nitrogens with zero attached hydrogens (tertiary/aromatic N) is 2. The van der Waals surface area contributed by atoms with Crippen LogP contribution in [0, 0.1) is 17.0 Å². The Morgan fingerprint density at radius 2 is 1.81 bits per heavy atom. The summed E-state index contributed by atoms with van der Waals surface area (Å²) in [7, 11) is 0. The molecule has 0 unspecified atom stereocenters. The second kappa shape index (κ2) is 8.55. The number of anilines is 1. The predicted octanol–water partition coefficient (Wildman–Crippen LogP) is 4.82. The number of aryl methyl sites for hydroxylation is 1. The van der Waals surface area contributed by atoms with Crippen LogP contribution in [0.2, 0.25) is 0 Å². The molecule has 1 amide bonds. The van der Waals surface area contributed by atoms with E-state index in [-0.39, 0.29) is 17.3 Å². The van der Waals surface area contributed by atoms with Gasteiger partial charge in [0.15, 0.2) is 0 Å². The van der Waals surface area contributed by atoms with E-state index < -0.39 is 4.92 Å². The van der Waals surface area contributed by atoms with Crippen LogP contribution < -0.4 is 4.90 Å². The van der Waals surface area contributed by atoms with Crippen LogP contribution in [0.25, 0.3) is 0 Å². The number of thioether (sulfide) groups is 1. The zero-order valence-corrected chi connectivity index (χ0v) is 15.5. The van der Waals surface area contributed by atoms with Crippen molar-refractivity contribution in [3.05, 3.63) is 88.4 Å². The van der Waals surface area contributed by atoms with Crippen molar-refractivity contribution in [3.63, 3.8) is 0 Å². The quantitative estimate of drug-likeness (QED) is 0.333. The molecule has 0 saturated carbocycles. The zero-order valence-electron chi connectivity index (χ0n) is 14.7. The lowest BCUT2D eigenvalue weighted by molar-refractivity contribution is -0.384. The maximum absolute atomic E-state index is 12.9. The van der Waals surface area contributed by atoms with Crippen molar-refractivity contribution >= 4 is 29.0 Å². The number of non-ortho nitro benzene ring substituents is 1. The molecule has 0 bridgehead atoms.